The topological polar surface area (TPSA) is 148 Å². The van der Waals surface area contributed by atoms with Gasteiger partial charge in [-0.1, -0.05) is 62.3 Å². The number of fused-ring (bicyclic) bond motifs is 1. The summed E-state index contributed by atoms with van der Waals surface area (Å²) in [4.78, 5) is 48.0. The summed E-state index contributed by atoms with van der Waals surface area (Å²) < 4.78 is 22.2. The molecule has 2 aliphatic rings. The maximum Gasteiger partial charge on any atom is 0.292 e. The second kappa shape index (κ2) is 15.2. The van der Waals surface area contributed by atoms with Crippen LogP contribution in [0, 0.1) is 5.82 Å². The molecule has 0 aliphatic carbocycles. The Hall–Kier alpha value is -5.30. The predicted molar refractivity (Wildman–Crippen MR) is 200 cm³/mol. The standard InChI is InChI=1S/C41H47FN8O4/c1-40(2,3)39-47-36(48-54-39)37(52)43-23-30-9-8-29(22-32(30)42)35-33-21-26(24-50(33)45-25-44-35)7-5-6-18-49-19-15-28(16-20-49)27-10-12-31(13-11-27)41(4)17-14-34(51)46-38(41)53/h8-13,21-22,24-25,28H,5-7,14-20,23H2,1-4H3,(H,43,52)(H,46,51,53). The number of aromatic nitrogens is 5. The van der Waals surface area contributed by atoms with Crippen LogP contribution in [0.5, 0.6) is 0 Å². The first-order valence-corrected chi connectivity index (χ1v) is 18.8. The van der Waals surface area contributed by atoms with Gasteiger partial charge in [0.2, 0.25) is 17.7 Å². The lowest BCUT2D eigenvalue weighted by Crippen LogP contribution is -2.49. The molecule has 282 valence electrons. The monoisotopic (exact) mass is 734 g/mol. The van der Waals surface area contributed by atoms with Crippen LogP contribution in [0.4, 0.5) is 4.39 Å². The van der Waals surface area contributed by atoms with Gasteiger partial charge in [-0.15, -0.1) is 0 Å². The van der Waals surface area contributed by atoms with E-state index in [1.807, 2.05) is 33.9 Å². The van der Waals surface area contributed by atoms with Gasteiger partial charge in [0.25, 0.3) is 11.7 Å². The average Bonchev–Trinajstić information content (AvgIpc) is 3.83. The minimum absolute atomic E-state index is 0.0298. The van der Waals surface area contributed by atoms with Crippen LogP contribution in [-0.4, -0.2) is 67.0 Å². The number of benzene rings is 2. The first kappa shape index (κ1) is 37.0. The van der Waals surface area contributed by atoms with E-state index in [4.69, 9.17) is 4.52 Å². The fourth-order valence-corrected chi connectivity index (χ4v) is 7.41. The summed E-state index contributed by atoms with van der Waals surface area (Å²) in [7, 11) is 0. The minimum atomic E-state index is -0.663. The highest BCUT2D eigenvalue weighted by Crippen LogP contribution is 2.35. The van der Waals surface area contributed by atoms with Crippen LogP contribution in [-0.2, 0) is 33.4 Å². The molecule has 1 atom stereocenters. The van der Waals surface area contributed by atoms with Gasteiger partial charge in [-0.25, -0.2) is 13.9 Å². The highest BCUT2D eigenvalue weighted by molar-refractivity contribution is 6.03. The molecule has 2 N–H and O–H groups in total. The number of nitrogens with zero attached hydrogens (tertiary/aromatic N) is 6. The van der Waals surface area contributed by atoms with E-state index in [1.54, 1.807) is 16.6 Å². The second-order valence-electron chi connectivity index (χ2n) is 15.9. The number of unbranched alkanes of at least 4 members (excludes halogenated alkanes) is 1. The average molecular weight is 735 g/mol. The van der Waals surface area contributed by atoms with Gasteiger partial charge in [0, 0.05) is 35.7 Å². The van der Waals surface area contributed by atoms with Gasteiger partial charge in [0.05, 0.1) is 16.6 Å². The fourth-order valence-electron chi connectivity index (χ4n) is 7.41. The summed E-state index contributed by atoms with van der Waals surface area (Å²) in [5, 5.41) is 13.3. The van der Waals surface area contributed by atoms with E-state index in [-0.39, 0.29) is 29.6 Å². The number of hydrogen-bond acceptors (Lipinski definition) is 9. The number of aryl methyl sites for hydroxylation is 1. The molecule has 7 rings (SSSR count). The summed E-state index contributed by atoms with van der Waals surface area (Å²) >= 11 is 0. The molecule has 2 saturated heterocycles. The summed E-state index contributed by atoms with van der Waals surface area (Å²) in [5.41, 5.74) is 4.77. The Morgan fingerprint density at radius 1 is 1.07 bits per heavy atom. The van der Waals surface area contributed by atoms with Crippen LogP contribution >= 0.6 is 0 Å². The molecule has 5 aromatic rings. The van der Waals surface area contributed by atoms with Gasteiger partial charge in [-0.2, -0.15) is 10.1 Å². The van der Waals surface area contributed by atoms with Crippen LogP contribution in [0.2, 0.25) is 0 Å². The second-order valence-corrected chi connectivity index (χ2v) is 15.9. The van der Waals surface area contributed by atoms with E-state index >= 15 is 4.39 Å². The van der Waals surface area contributed by atoms with E-state index in [2.05, 4.69) is 66.1 Å². The molecule has 2 aliphatic heterocycles. The normalized spacial score (nSPS) is 18.6. The molecule has 1 unspecified atom stereocenters. The van der Waals surface area contributed by atoms with Crippen molar-refractivity contribution in [3.8, 4) is 11.3 Å². The zero-order valence-corrected chi connectivity index (χ0v) is 31.3. The quantitative estimate of drug-likeness (QED) is 0.122. The number of amides is 3. The predicted octanol–water partition coefficient (Wildman–Crippen LogP) is 6.04. The molecule has 0 bridgehead atoms. The smallest absolute Gasteiger partial charge is 0.292 e. The van der Waals surface area contributed by atoms with Crippen LogP contribution < -0.4 is 10.6 Å². The summed E-state index contributed by atoms with van der Waals surface area (Å²) in [5.74, 6) is -0.630. The van der Waals surface area contributed by atoms with Crippen molar-refractivity contribution in [1.82, 2.24) is 40.3 Å². The third-order valence-electron chi connectivity index (χ3n) is 10.9. The Balaban J connectivity index is 0.881. The van der Waals surface area contributed by atoms with Crippen molar-refractivity contribution in [3.05, 3.63) is 101 Å². The molecule has 3 aromatic heterocycles. The molecular weight excluding hydrogens is 688 g/mol. The van der Waals surface area contributed by atoms with E-state index in [9.17, 15) is 14.4 Å². The minimum Gasteiger partial charge on any atom is -0.345 e. The molecule has 0 saturated carbocycles. The summed E-state index contributed by atoms with van der Waals surface area (Å²) in [6, 6.07) is 15.4. The number of piperidine rings is 2. The number of carbonyl (C=O) groups is 3. The van der Waals surface area contributed by atoms with Gasteiger partial charge < -0.3 is 14.7 Å². The van der Waals surface area contributed by atoms with Crippen molar-refractivity contribution in [1.29, 1.82) is 0 Å². The molecule has 12 nitrogen and oxygen atoms in total. The van der Waals surface area contributed by atoms with Crippen LogP contribution in [0.25, 0.3) is 16.8 Å². The van der Waals surface area contributed by atoms with Crippen molar-refractivity contribution in [2.45, 2.75) is 95.9 Å². The summed E-state index contributed by atoms with van der Waals surface area (Å²) in [6.45, 7) is 10.8. The number of halogens is 1. The van der Waals surface area contributed by atoms with Gasteiger partial charge in [-0.3, -0.25) is 19.7 Å². The van der Waals surface area contributed by atoms with Gasteiger partial charge in [0.15, 0.2) is 0 Å². The van der Waals surface area contributed by atoms with Crippen molar-refractivity contribution in [3.63, 3.8) is 0 Å². The lowest BCUT2D eigenvalue weighted by atomic mass is 9.75. The van der Waals surface area contributed by atoms with Crippen LogP contribution in [0.3, 0.4) is 0 Å². The Kier molecular flexibility index (Phi) is 10.4. The molecule has 2 aromatic carbocycles. The van der Waals surface area contributed by atoms with Crippen LogP contribution in [0.15, 0.2) is 65.6 Å². The van der Waals surface area contributed by atoms with Gasteiger partial charge in [-0.05, 0) is 99.8 Å². The largest absolute Gasteiger partial charge is 0.345 e. The van der Waals surface area contributed by atoms with Crippen LogP contribution in [0.1, 0.15) is 111 Å². The molecule has 54 heavy (non-hydrogen) atoms. The van der Waals surface area contributed by atoms with Crippen molar-refractivity contribution in [2.24, 2.45) is 0 Å². The molecule has 5 heterocycles. The Morgan fingerprint density at radius 2 is 1.85 bits per heavy atom. The molecule has 0 spiro atoms. The highest BCUT2D eigenvalue weighted by Gasteiger charge is 2.40. The van der Waals surface area contributed by atoms with E-state index < -0.39 is 17.1 Å². The Morgan fingerprint density at radius 3 is 2.56 bits per heavy atom. The lowest BCUT2D eigenvalue weighted by molar-refractivity contribution is -0.137. The SMILES string of the molecule is CC(C)(C)c1nc(C(=O)NCc2ccc(-c3ncnn4cc(CCCCN5CCC(c6ccc(C7(C)CCC(=O)NC7=O)cc6)CC5)cc34)cc2F)no1. The lowest BCUT2D eigenvalue weighted by Gasteiger charge is -2.34. The molecule has 2 fully saturated rings. The Bertz CT molecular complexity index is 2160. The first-order chi connectivity index (χ1) is 25.9. The Labute approximate surface area is 313 Å². The number of imide groups is 1. The molecular formula is C41H47FN8O4. The van der Waals surface area contributed by atoms with Gasteiger partial charge in [0.1, 0.15) is 12.1 Å². The molecule has 13 heteroatoms. The summed E-state index contributed by atoms with van der Waals surface area (Å²) in [6.07, 6.45) is 9.63. The third kappa shape index (κ3) is 7.96. The van der Waals surface area contributed by atoms with Crippen molar-refractivity contribution >= 4 is 23.2 Å². The zero-order chi connectivity index (χ0) is 38.0. The maximum absolute atomic E-state index is 15.3. The van der Waals surface area contributed by atoms with Crippen molar-refractivity contribution in [2.75, 3.05) is 19.6 Å². The maximum atomic E-state index is 15.3. The van der Waals surface area contributed by atoms with E-state index in [1.165, 1.54) is 18.0 Å². The number of hydrogen-bond donors (Lipinski definition) is 2. The van der Waals surface area contributed by atoms with E-state index in [0.717, 1.165) is 68.4 Å². The zero-order valence-electron chi connectivity index (χ0n) is 31.3. The third-order valence-corrected chi connectivity index (χ3v) is 10.9. The molecule has 0 radical (unpaired) electrons. The highest BCUT2D eigenvalue weighted by atomic mass is 19.1. The number of nitrogens with one attached hydrogen (secondary N) is 2. The number of carbonyl (C=O) groups excluding carboxylic acids is 3. The fraction of sp³-hybridized carbons (Fsp3) is 0.439. The first-order valence-electron chi connectivity index (χ1n) is 18.8. The van der Waals surface area contributed by atoms with E-state index in [0.29, 0.717) is 41.5 Å². The number of rotatable bonds is 11. The van der Waals surface area contributed by atoms with Crippen molar-refractivity contribution < 1.29 is 23.3 Å². The molecule has 3 amide bonds. The van der Waals surface area contributed by atoms with Gasteiger partial charge >= 0.3 is 0 Å². The number of likely N-dealkylation sites (tertiary alicyclic amines) is 1.